The van der Waals surface area contributed by atoms with E-state index in [0.717, 1.165) is 30.8 Å². The molecule has 0 aliphatic heterocycles. The summed E-state index contributed by atoms with van der Waals surface area (Å²) in [7, 11) is 4.16. The van der Waals surface area contributed by atoms with Gasteiger partial charge in [-0.2, -0.15) is 5.26 Å². The molecule has 0 unspecified atom stereocenters. The molecule has 0 saturated heterocycles. The second-order valence-corrected chi connectivity index (χ2v) is 4.09. The molecule has 0 aromatic heterocycles. The second kappa shape index (κ2) is 6.86. The van der Waals surface area contributed by atoms with E-state index in [1.54, 1.807) is 0 Å². The molecule has 0 fully saturated rings. The van der Waals surface area contributed by atoms with Gasteiger partial charge in [-0.15, -0.1) is 0 Å². The standard InChI is InChI=1S/C13H19N3/c1-16(2)10-6-5-9-15-13-8-4-3-7-12(13)11-14/h3-4,7-8,15H,5-6,9-10H2,1-2H3. The zero-order valence-corrected chi connectivity index (χ0v) is 10.0. The van der Waals surface area contributed by atoms with Gasteiger partial charge >= 0.3 is 0 Å². The van der Waals surface area contributed by atoms with Crippen LogP contribution < -0.4 is 5.32 Å². The van der Waals surface area contributed by atoms with E-state index < -0.39 is 0 Å². The summed E-state index contributed by atoms with van der Waals surface area (Å²) in [6.45, 7) is 2.04. The maximum absolute atomic E-state index is 8.90. The van der Waals surface area contributed by atoms with Crippen molar-refractivity contribution in [3.63, 3.8) is 0 Å². The Balaban J connectivity index is 2.30. The van der Waals surface area contributed by atoms with Crippen LogP contribution in [0.1, 0.15) is 18.4 Å². The summed E-state index contributed by atoms with van der Waals surface area (Å²) in [6.07, 6.45) is 2.30. The molecule has 1 rings (SSSR count). The first-order valence-electron chi connectivity index (χ1n) is 5.62. The van der Waals surface area contributed by atoms with Crippen LogP contribution in [0.4, 0.5) is 5.69 Å². The molecule has 1 aromatic rings. The predicted molar refractivity (Wildman–Crippen MR) is 67.4 cm³/mol. The summed E-state index contributed by atoms with van der Waals surface area (Å²) < 4.78 is 0. The van der Waals surface area contributed by atoms with E-state index in [0.29, 0.717) is 0 Å². The Morgan fingerprint density at radius 3 is 2.69 bits per heavy atom. The molecular weight excluding hydrogens is 198 g/mol. The number of anilines is 1. The summed E-state index contributed by atoms with van der Waals surface area (Å²) in [5, 5.41) is 12.2. The maximum atomic E-state index is 8.90. The lowest BCUT2D eigenvalue weighted by Crippen LogP contribution is -2.14. The number of nitriles is 1. The molecule has 0 atom stereocenters. The van der Waals surface area contributed by atoms with Crippen LogP contribution >= 0.6 is 0 Å². The highest BCUT2D eigenvalue weighted by atomic mass is 15.0. The monoisotopic (exact) mass is 217 g/mol. The Kier molecular flexibility index (Phi) is 5.38. The first-order chi connectivity index (χ1) is 7.74. The van der Waals surface area contributed by atoms with Gasteiger partial charge in [-0.05, 0) is 45.6 Å². The van der Waals surface area contributed by atoms with Crippen LogP contribution in [0.3, 0.4) is 0 Å². The fourth-order valence-corrected chi connectivity index (χ4v) is 1.51. The summed E-state index contributed by atoms with van der Waals surface area (Å²) in [5.74, 6) is 0. The molecule has 0 spiro atoms. The molecule has 0 radical (unpaired) electrons. The zero-order chi connectivity index (χ0) is 11.8. The Hall–Kier alpha value is -1.53. The molecule has 0 saturated carbocycles. The lowest BCUT2D eigenvalue weighted by molar-refractivity contribution is 0.396. The van der Waals surface area contributed by atoms with E-state index in [2.05, 4.69) is 30.4 Å². The van der Waals surface area contributed by atoms with E-state index in [1.165, 1.54) is 6.42 Å². The normalized spacial score (nSPS) is 10.1. The van der Waals surface area contributed by atoms with Crippen LogP contribution in [0.2, 0.25) is 0 Å². The average Bonchev–Trinajstić information content (AvgIpc) is 2.29. The molecule has 0 aliphatic rings. The number of nitrogens with one attached hydrogen (secondary N) is 1. The van der Waals surface area contributed by atoms with Gasteiger partial charge in [0, 0.05) is 6.54 Å². The van der Waals surface area contributed by atoms with Crippen molar-refractivity contribution in [1.82, 2.24) is 4.90 Å². The molecule has 86 valence electrons. The number of rotatable bonds is 6. The van der Waals surface area contributed by atoms with Crippen LogP contribution in [0, 0.1) is 11.3 Å². The largest absolute Gasteiger partial charge is 0.384 e. The van der Waals surface area contributed by atoms with Gasteiger partial charge in [0.15, 0.2) is 0 Å². The summed E-state index contributed by atoms with van der Waals surface area (Å²) >= 11 is 0. The minimum Gasteiger partial charge on any atom is -0.384 e. The number of hydrogen-bond acceptors (Lipinski definition) is 3. The van der Waals surface area contributed by atoms with Gasteiger partial charge in [-0.1, -0.05) is 12.1 Å². The highest BCUT2D eigenvalue weighted by molar-refractivity contribution is 5.56. The van der Waals surface area contributed by atoms with Crippen molar-refractivity contribution < 1.29 is 0 Å². The van der Waals surface area contributed by atoms with Gasteiger partial charge in [0.25, 0.3) is 0 Å². The third-order valence-corrected chi connectivity index (χ3v) is 2.40. The lowest BCUT2D eigenvalue weighted by atomic mass is 10.2. The molecule has 0 heterocycles. The Bertz CT molecular complexity index is 352. The third-order valence-electron chi connectivity index (χ3n) is 2.40. The highest BCUT2D eigenvalue weighted by Crippen LogP contribution is 2.13. The van der Waals surface area contributed by atoms with E-state index in [-0.39, 0.29) is 0 Å². The molecule has 3 heteroatoms. The van der Waals surface area contributed by atoms with Crippen LogP contribution in [-0.2, 0) is 0 Å². The van der Waals surface area contributed by atoms with Crippen LogP contribution in [0.25, 0.3) is 0 Å². The maximum Gasteiger partial charge on any atom is 0.101 e. The molecule has 3 nitrogen and oxygen atoms in total. The van der Waals surface area contributed by atoms with Crippen molar-refractivity contribution in [3.8, 4) is 6.07 Å². The smallest absolute Gasteiger partial charge is 0.101 e. The predicted octanol–water partition coefficient (Wildman–Crippen LogP) is 2.31. The second-order valence-electron chi connectivity index (χ2n) is 4.09. The molecule has 0 aliphatic carbocycles. The number of nitrogens with zero attached hydrogens (tertiary/aromatic N) is 2. The average molecular weight is 217 g/mol. The Labute approximate surface area is 97.7 Å². The van der Waals surface area contributed by atoms with Gasteiger partial charge in [-0.25, -0.2) is 0 Å². The van der Waals surface area contributed by atoms with Crippen LogP contribution in [0.15, 0.2) is 24.3 Å². The van der Waals surface area contributed by atoms with Crippen molar-refractivity contribution in [2.45, 2.75) is 12.8 Å². The minimum atomic E-state index is 0.718. The SMILES string of the molecule is CN(C)CCCCNc1ccccc1C#N. The lowest BCUT2D eigenvalue weighted by Gasteiger charge is -2.10. The fraction of sp³-hybridized carbons (Fsp3) is 0.462. The van der Waals surface area contributed by atoms with E-state index in [9.17, 15) is 0 Å². The third kappa shape index (κ3) is 4.33. The van der Waals surface area contributed by atoms with Gasteiger partial charge < -0.3 is 10.2 Å². The van der Waals surface area contributed by atoms with Crippen molar-refractivity contribution >= 4 is 5.69 Å². The number of unbranched alkanes of at least 4 members (excludes halogenated alkanes) is 1. The first-order valence-corrected chi connectivity index (χ1v) is 5.62. The van der Waals surface area contributed by atoms with Crippen molar-refractivity contribution in [1.29, 1.82) is 5.26 Å². The first kappa shape index (κ1) is 12.5. The molecular formula is C13H19N3. The molecule has 16 heavy (non-hydrogen) atoms. The number of hydrogen-bond donors (Lipinski definition) is 1. The fourth-order valence-electron chi connectivity index (χ4n) is 1.51. The summed E-state index contributed by atoms with van der Waals surface area (Å²) in [5.41, 5.74) is 1.66. The number of benzene rings is 1. The Morgan fingerprint density at radius 2 is 2.00 bits per heavy atom. The number of para-hydroxylation sites is 1. The van der Waals surface area contributed by atoms with Gasteiger partial charge in [0.2, 0.25) is 0 Å². The van der Waals surface area contributed by atoms with E-state index in [4.69, 9.17) is 5.26 Å². The van der Waals surface area contributed by atoms with Gasteiger partial charge in [0.1, 0.15) is 6.07 Å². The van der Waals surface area contributed by atoms with Gasteiger partial charge in [0.05, 0.1) is 11.3 Å². The van der Waals surface area contributed by atoms with E-state index >= 15 is 0 Å². The Morgan fingerprint density at radius 1 is 1.25 bits per heavy atom. The van der Waals surface area contributed by atoms with Crippen molar-refractivity contribution in [2.24, 2.45) is 0 Å². The highest BCUT2D eigenvalue weighted by Gasteiger charge is 1.98. The quantitative estimate of drug-likeness (QED) is 0.743. The van der Waals surface area contributed by atoms with Crippen LogP contribution in [0.5, 0.6) is 0 Å². The molecule has 0 bridgehead atoms. The zero-order valence-electron chi connectivity index (χ0n) is 10.0. The van der Waals surface area contributed by atoms with Crippen molar-refractivity contribution in [3.05, 3.63) is 29.8 Å². The van der Waals surface area contributed by atoms with Crippen molar-refractivity contribution in [2.75, 3.05) is 32.5 Å². The minimum absolute atomic E-state index is 0.718. The molecule has 1 N–H and O–H groups in total. The summed E-state index contributed by atoms with van der Waals surface area (Å²) in [4.78, 5) is 2.18. The molecule has 0 amide bonds. The van der Waals surface area contributed by atoms with E-state index in [1.807, 2.05) is 24.3 Å². The molecule has 1 aromatic carbocycles. The topological polar surface area (TPSA) is 39.1 Å². The van der Waals surface area contributed by atoms with Gasteiger partial charge in [-0.3, -0.25) is 0 Å². The summed E-state index contributed by atoms with van der Waals surface area (Å²) in [6, 6.07) is 9.80. The van der Waals surface area contributed by atoms with Crippen LogP contribution in [-0.4, -0.2) is 32.1 Å².